The van der Waals surface area contributed by atoms with E-state index in [1.54, 1.807) is 12.1 Å². The molecule has 1 saturated heterocycles. The quantitative estimate of drug-likeness (QED) is 0.194. The zero-order valence-corrected chi connectivity index (χ0v) is 23.8. The maximum atomic E-state index is 14.3. The molecule has 0 spiro atoms. The van der Waals surface area contributed by atoms with Crippen molar-refractivity contribution in [3.8, 4) is 0 Å². The standard InChI is InChI=1S/C32H29ClF4N2O4/c33-27-16-38-15-26(29(27)32(35,36)37)25-4-1-3-21-14-22(31(41)42)9-10-24(21)28(25)20-7-5-19(6-8-20)13-23-17-39(12-2-11-34)30(23)43-18-40/h5-10,14-16,18,23,30H,1-4,11-13,17H2,(H,41,42). The Labute approximate surface area is 250 Å². The molecule has 2 aromatic carbocycles. The van der Waals surface area contributed by atoms with Gasteiger partial charge in [0.05, 0.1) is 22.8 Å². The van der Waals surface area contributed by atoms with Gasteiger partial charge in [-0.2, -0.15) is 13.2 Å². The predicted octanol–water partition coefficient (Wildman–Crippen LogP) is 7.08. The van der Waals surface area contributed by atoms with Gasteiger partial charge in [-0.1, -0.05) is 41.9 Å². The molecule has 226 valence electrons. The number of hydrogen-bond acceptors (Lipinski definition) is 5. The van der Waals surface area contributed by atoms with Crippen molar-refractivity contribution in [3.63, 3.8) is 0 Å². The summed E-state index contributed by atoms with van der Waals surface area (Å²) < 4.78 is 60.7. The lowest BCUT2D eigenvalue weighted by Crippen LogP contribution is -2.58. The van der Waals surface area contributed by atoms with Gasteiger partial charge in [0.15, 0.2) is 6.23 Å². The summed E-state index contributed by atoms with van der Waals surface area (Å²) >= 11 is 6.06. The van der Waals surface area contributed by atoms with Crippen LogP contribution in [0.2, 0.25) is 5.02 Å². The van der Waals surface area contributed by atoms with E-state index in [0.717, 1.165) is 17.3 Å². The summed E-state index contributed by atoms with van der Waals surface area (Å²) in [6.07, 6.45) is -0.781. The fourth-order valence-corrected chi connectivity index (χ4v) is 6.40. The summed E-state index contributed by atoms with van der Waals surface area (Å²) in [6.45, 7) is 1.08. The van der Waals surface area contributed by atoms with Gasteiger partial charge in [0.25, 0.3) is 6.47 Å². The smallest absolute Gasteiger partial charge is 0.418 e. The molecule has 6 nitrogen and oxygen atoms in total. The Kier molecular flexibility index (Phi) is 9.17. The van der Waals surface area contributed by atoms with Crippen LogP contribution < -0.4 is 0 Å². The van der Waals surface area contributed by atoms with E-state index in [0.29, 0.717) is 73.9 Å². The molecule has 43 heavy (non-hydrogen) atoms. The van der Waals surface area contributed by atoms with Crippen LogP contribution in [-0.2, 0) is 28.5 Å². The maximum absolute atomic E-state index is 14.3. The Morgan fingerprint density at radius 1 is 1.12 bits per heavy atom. The minimum absolute atomic E-state index is 0.0189. The van der Waals surface area contributed by atoms with E-state index >= 15 is 0 Å². The molecule has 2 heterocycles. The van der Waals surface area contributed by atoms with Crippen molar-refractivity contribution >= 4 is 35.2 Å². The van der Waals surface area contributed by atoms with Crippen molar-refractivity contribution < 1.29 is 37.0 Å². The third kappa shape index (κ3) is 6.45. The number of hydrogen-bond donors (Lipinski definition) is 1. The van der Waals surface area contributed by atoms with Crippen molar-refractivity contribution in [2.24, 2.45) is 5.92 Å². The lowest BCUT2D eigenvalue weighted by molar-refractivity contribution is -0.175. The van der Waals surface area contributed by atoms with Gasteiger partial charge in [-0.3, -0.25) is 19.1 Å². The van der Waals surface area contributed by atoms with Crippen LogP contribution in [-0.4, -0.2) is 53.4 Å². The van der Waals surface area contributed by atoms with E-state index < -0.39 is 35.6 Å². The van der Waals surface area contributed by atoms with Crippen molar-refractivity contribution in [3.05, 3.63) is 98.8 Å². The Morgan fingerprint density at radius 2 is 1.88 bits per heavy atom. The molecule has 3 aromatic rings. The first kappa shape index (κ1) is 30.7. The summed E-state index contributed by atoms with van der Waals surface area (Å²) in [5.41, 5.74) is 3.02. The highest BCUT2D eigenvalue weighted by molar-refractivity contribution is 6.31. The molecular weight excluding hydrogens is 588 g/mol. The molecule has 0 saturated carbocycles. The van der Waals surface area contributed by atoms with Gasteiger partial charge >= 0.3 is 12.1 Å². The van der Waals surface area contributed by atoms with Crippen LogP contribution in [0.4, 0.5) is 17.6 Å². The SMILES string of the molecule is O=COC1C(Cc2ccc(C3=C(c4cncc(Cl)c4C(F)(F)F)CCCc4cc(C(=O)O)ccc43)cc2)CN1CCCF. The normalized spacial score (nSPS) is 18.9. The third-order valence-electron chi connectivity index (χ3n) is 8.05. The van der Waals surface area contributed by atoms with Crippen molar-refractivity contribution in [2.45, 2.75) is 44.5 Å². The first-order valence-electron chi connectivity index (χ1n) is 13.9. The molecule has 1 fully saturated rings. The fraction of sp³-hybridized carbons (Fsp3) is 0.344. The molecule has 1 aliphatic carbocycles. The number of rotatable bonds is 10. The number of halogens is 5. The Balaban J connectivity index is 1.57. The number of fused-ring (bicyclic) bond motifs is 1. The number of benzene rings is 2. The average Bonchev–Trinajstić information content (AvgIpc) is 3.16. The molecular formula is C32H29ClF4N2O4. The number of nitrogens with zero attached hydrogens (tertiary/aromatic N) is 2. The molecule has 2 aliphatic rings. The molecule has 0 radical (unpaired) electrons. The lowest BCUT2D eigenvalue weighted by atomic mass is 9.85. The van der Waals surface area contributed by atoms with E-state index in [9.17, 15) is 32.3 Å². The zero-order chi connectivity index (χ0) is 30.7. The van der Waals surface area contributed by atoms with Crippen LogP contribution in [0.3, 0.4) is 0 Å². The van der Waals surface area contributed by atoms with E-state index in [1.165, 1.54) is 12.3 Å². The number of alkyl halides is 4. The Hall–Kier alpha value is -3.76. The summed E-state index contributed by atoms with van der Waals surface area (Å²) in [4.78, 5) is 28.6. The van der Waals surface area contributed by atoms with Gasteiger partial charge < -0.3 is 9.84 Å². The minimum atomic E-state index is -4.72. The van der Waals surface area contributed by atoms with E-state index in [4.69, 9.17) is 16.3 Å². The average molecular weight is 617 g/mol. The van der Waals surface area contributed by atoms with E-state index in [2.05, 4.69) is 4.98 Å². The zero-order valence-electron chi connectivity index (χ0n) is 23.0. The third-order valence-corrected chi connectivity index (χ3v) is 8.34. The monoisotopic (exact) mass is 616 g/mol. The first-order chi connectivity index (χ1) is 20.6. The van der Waals surface area contributed by atoms with Crippen molar-refractivity contribution in [1.82, 2.24) is 9.88 Å². The molecule has 2 atom stereocenters. The molecule has 1 aliphatic heterocycles. The minimum Gasteiger partial charge on any atom is -0.478 e. The van der Waals surface area contributed by atoms with E-state index in [-0.39, 0.29) is 17.0 Å². The molecule has 0 bridgehead atoms. The number of aromatic carboxylic acids is 1. The summed E-state index contributed by atoms with van der Waals surface area (Å²) in [7, 11) is 0. The van der Waals surface area contributed by atoms with Gasteiger partial charge in [0.1, 0.15) is 0 Å². The molecule has 5 rings (SSSR count). The number of carbonyl (C=O) groups excluding carboxylic acids is 1. The highest BCUT2D eigenvalue weighted by Gasteiger charge is 2.40. The molecule has 2 unspecified atom stereocenters. The number of aromatic nitrogens is 1. The van der Waals surface area contributed by atoms with Crippen LogP contribution in [0.25, 0.3) is 11.1 Å². The Morgan fingerprint density at radius 3 is 2.56 bits per heavy atom. The van der Waals surface area contributed by atoms with Crippen molar-refractivity contribution in [1.29, 1.82) is 0 Å². The first-order valence-corrected chi connectivity index (χ1v) is 14.3. The van der Waals surface area contributed by atoms with Gasteiger partial charge in [-0.25, -0.2) is 4.79 Å². The number of pyridine rings is 1. The number of carboxylic acids is 1. The van der Waals surface area contributed by atoms with Gasteiger partial charge in [0.2, 0.25) is 0 Å². The Bertz CT molecular complexity index is 1540. The van der Waals surface area contributed by atoms with Crippen LogP contribution in [0.5, 0.6) is 0 Å². The van der Waals surface area contributed by atoms with E-state index in [1.807, 2.05) is 29.2 Å². The lowest BCUT2D eigenvalue weighted by Gasteiger charge is -2.46. The van der Waals surface area contributed by atoms with Crippen LogP contribution in [0, 0.1) is 5.92 Å². The molecule has 11 heteroatoms. The summed E-state index contributed by atoms with van der Waals surface area (Å²) in [5, 5.41) is 9.06. The maximum Gasteiger partial charge on any atom is 0.418 e. The fourth-order valence-electron chi connectivity index (χ4n) is 6.14. The van der Waals surface area contributed by atoms with Crippen LogP contribution in [0.15, 0.2) is 54.9 Å². The second kappa shape index (κ2) is 12.9. The predicted molar refractivity (Wildman–Crippen MR) is 153 cm³/mol. The van der Waals surface area contributed by atoms with Gasteiger partial charge in [-0.05, 0) is 77.6 Å². The molecule has 0 amide bonds. The second-order valence-corrected chi connectivity index (χ2v) is 11.2. The summed E-state index contributed by atoms with van der Waals surface area (Å²) in [6, 6.07) is 12.1. The summed E-state index contributed by atoms with van der Waals surface area (Å²) in [5.74, 6) is -1.07. The number of likely N-dealkylation sites (tertiary alicyclic amines) is 1. The van der Waals surface area contributed by atoms with Gasteiger partial charge in [-0.15, -0.1) is 0 Å². The topological polar surface area (TPSA) is 79.7 Å². The van der Waals surface area contributed by atoms with Gasteiger partial charge in [0, 0.05) is 37.0 Å². The van der Waals surface area contributed by atoms with Crippen LogP contribution in [0.1, 0.15) is 63.0 Å². The molecule has 1 N–H and O–H groups in total. The largest absolute Gasteiger partial charge is 0.478 e. The van der Waals surface area contributed by atoms with Crippen LogP contribution >= 0.6 is 11.6 Å². The molecule has 1 aromatic heterocycles. The number of aryl methyl sites for hydroxylation is 1. The number of carboxylic acid groups (broad SMARTS) is 1. The number of carbonyl (C=O) groups is 2. The highest BCUT2D eigenvalue weighted by atomic mass is 35.5. The second-order valence-electron chi connectivity index (χ2n) is 10.7. The number of ether oxygens (including phenoxy) is 1. The number of allylic oxidation sites excluding steroid dienone is 1. The highest BCUT2D eigenvalue weighted by Crippen LogP contribution is 2.46. The van der Waals surface area contributed by atoms with Crippen molar-refractivity contribution in [2.75, 3.05) is 19.8 Å².